The lowest BCUT2D eigenvalue weighted by Crippen LogP contribution is -3.00. The molecule has 3 nitrogen and oxygen atoms in total. The van der Waals surface area contributed by atoms with Crippen LogP contribution in [0.5, 0.6) is 0 Å². The molecule has 20 heavy (non-hydrogen) atoms. The Hall–Kier alpha value is -0.540. The average Bonchev–Trinajstić information content (AvgIpc) is 2.27. The summed E-state index contributed by atoms with van der Waals surface area (Å²) in [4.78, 5) is 11.8. The van der Waals surface area contributed by atoms with Crippen molar-refractivity contribution in [1.29, 1.82) is 0 Å². The van der Waals surface area contributed by atoms with Crippen LogP contribution in [-0.2, 0) is 4.79 Å². The molecule has 0 aliphatic heterocycles. The molecule has 0 radical (unpaired) electrons. The molecule has 1 N–H and O–H groups in total. The van der Waals surface area contributed by atoms with Gasteiger partial charge in [0.1, 0.15) is 0 Å². The van der Waals surface area contributed by atoms with Gasteiger partial charge in [0.25, 0.3) is 0 Å². The molecule has 0 aromatic carbocycles. The molecule has 0 saturated heterocycles. The first-order valence-corrected chi connectivity index (χ1v) is 7.35. The van der Waals surface area contributed by atoms with Crippen LogP contribution in [-0.4, -0.2) is 43.1 Å². The molecule has 0 saturated carbocycles. The zero-order valence-electron chi connectivity index (χ0n) is 14.3. The molecule has 0 aliphatic rings. The Bertz CT molecular complexity index is 323. The van der Waals surface area contributed by atoms with E-state index in [1.54, 1.807) is 6.92 Å². The monoisotopic (exact) mass is 304 g/mol. The SMILES string of the molecule is C=C(C)C(=O)NC(C)(CC)CCC(CC)[N+](C)(C)C.[Cl-]. The van der Waals surface area contributed by atoms with Crippen molar-refractivity contribution in [3.05, 3.63) is 12.2 Å². The Balaban J connectivity index is 0. The van der Waals surface area contributed by atoms with Crippen molar-refractivity contribution in [2.45, 2.75) is 65.0 Å². The molecule has 2 unspecified atom stereocenters. The van der Waals surface area contributed by atoms with E-state index in [2.05, 4.69) is 53.8 Å². The first-order chi connectivity index (χ1) is 8.55. The molecule has 1 amide bonds. The van der Waals surface area contributed by atoms with E-state index < -0.39 is 0 Å². The summed E-state index contributed by atoms with van der Waals surface area (Å²) < 4.78 is 0.977. The molecular formula is C16H33ClN2O. The Labute approximate surface area is 131 Å². The summed E-state index contributed by atoms with van der Waals surface area (Å²) in [6, 6.07) is 0.632. The molecule has 120 valence electrons. The largest absolute Gasteiger partial charge is 1.00 e. The summed E-state index contributed by atoms with van der Waals surface area (Å²) in [6.45, 7) is 12.0. The number of hydrogen-bond acceptors (Lipinski definition) is 1. The predicted molar refractivity (Wildman–Crippen MR) is 83.0 cm³/mol. The van der Waals surface area contributed by atoms with Crippen molar-refractivity contribution in [3.63, 3.8) is 0 Å². The number of halogens is 1. The number of rotatable bonds is 8. The lowest BCUT2D eigenvalue weighted by molar-refractivity contribution is -0.896. The third-order valence-corrected chi connectivity index (χ3v) is 4.18. The topological polar surface area (TPSA) is 29.1 Å². The summed E-state index contributed by atoms with van der Waals surface area (Å²) in [6.07, 6.45) is 4.24. The van der Waals surface area contributed by atoms with Gasteiger partial charge in [-0.25, -0.2) is 0 Å². The van der Waals surface area contributed by atoms with E-state index >= 15 is 0 Å². The van der Waals surface area contributed by atoms with Crippen LogP contribution in [0.1, 0.15) is 53.4 Å². The second-order valence-corrected chi connectivity index (χ2v) is 6.87. The summed E-state index contributed by atoms with van der Waals surface area (Å²) in [5.41, 5.74) is 0.455. The first kappa shape index (κ1) is 21.8. The molecule has 0 aromatic rings. The van der Waals surface area contributed by atoms with Gasteiger partial charge in [-0.1, -0.05) is 20.4 Å². The van der Waals surface area contributed by atoms with Gasteiger partial charge in [-0.3, -0.25) is 4.79 Å². The molecule has 4 heteroatoms. The van der Waals surface area contributed by atoms with E-state index in [1.165, 1.54) is 0 Å². The summed E-state index contributed by atoms with van der Waals surface area (Å²) >= 11 is 0. The number of carbonyl (C=O) groups excluding carboxylic acids is 1. The fourth-order valence-electron chi connectivity index (χ4n) is 2.33. The minimum Gasteiger partial charge on any atom is -1.00 e. The molecule has 2 atom stereocenters. The second kappa shape index (κ2) is 8.68. The fraction of sp³-hybridized carbons (Fsp3) is 0.812. The number of carbonyl (C=O) groups is 1. The summed E-state index contributed by atoms with van der Waals surface area (Å²) in [5, 5.41) is 3.13. The Kier molecular flexibility index (Phi) is 9.44. The van der Waals surface area contributed by atoms with Gasteiger partial charge in [0.05, 0.1) is 27.2 Å². The molecule has 0 rings (SSSR count). The van der Waals surface area contributed by atoms with E-state index in [0.29, 0.717) is 11.6 Å². The van der Waals surface area contributed by atoms with Gasteiger partial charge >= 0.3 is 0 Å². The van der Waals surface area contributed by atoms with Gasteiger partial charge < -0.3 is 22.2 Å². The Morgan fingerprint density at radius 2 is 1.80 bits per heavy atom. The normalized spacial score (nSPS) is 15.8. The quantitative estimate of drug-likeness (QED) is 0.501. The number of quaternary nitrogens is 1. The Morgan fingerprint density at radius 1 is 1.30 bits per heavy atom. The number of hydrogen-bond donors (Lipinski definition) is 1. The Morgan fingerprint density at radius 3 is 2.10 bits per heavy atom. The molecule has 0 aromatic heterocycles. The van der Waals surface area contributed by atoms with Crippen molar-refractivity contribution in [3.8, 4) is 0 Å². The van der Waals surface area contributed by atoms with Crippen LogP contribution in [0.4, 0.5) is 0 Å². The predicted octanol–water partition coefficient (Wildman–Crippen LogP) is 0.116. The number of nitrogens with one attached hydrogen (secondary N) is 1. The highest BCUT2D eigenvalue weighted by Gasteiger charge is 2.29. The van der Waals surface area contributed by atoms with E-state index in [-0.39, 0.29) is 23.9 Å². The van der Waals surface area contributed by atoms with Crippen LogP contribution >= 0.6 is 0 Å². The van der Waals surface area contributed by atoms with Gasteiger partial charge in [-0.05, 0) is 33.1 Å². The molecule has 0 heterocycles. The zero-order valence-corrected chi connectivity index (χ0v) is 15.1. The van der Waals surface area contributed by atoms with E-state index in [4.69, 9.17) is 0 Å². The van der Waals surface area contributed by atoms with Crippen LogP contribution in [0.2, 0.25) is 0 Å². The number of nitrogens with zero attached hydrogens (tertiary/aromatic N) is 1. The van der Waals surface area contributed by atoms with Crippen molar-refractivity contribution in [2.75, 3.05) is 21.1 Å². The molecule has 0 fully saturated rings. The highest BCUT2D eigenvalue weighted by molar-refractivity contribution is 5.92. The van der Waals surface area contributed by atoms with Crippen molar-refractivity contribution < 1.29 is 21.7 Å². The van der Waals surface area contributed by atoms with Crippen molar-refractivity contribution in [1.82, 2.24) is 5.32 Å². The molecule has 0 bridgehead atoms. The smallest absolute Gasteiger partial charge is 0.246 e. The second-order valence-electron chi connectivity index (χ2n) is 6.87. The van der Waals surface area contributed by atoms with Gasteiger partial charge in [0.15, 0.2) is 0 Å². The van der Waals surface area contributed by atoms with Gasteiger partial charge in [0.2, 0.25) is 5.91 Å². The van der Waals surface area contributed by atoms with Crippen LogP contribution in [0.25, 0.3) is 0 Å². The van der Waals surface area contributed by atoms with E-state index in [0.717, 1.165) is 30.2 Å². The molecule has 0 aliphatic carbocycles. The minimum atomic E-state index is -0.126. The molecular weight excluding hydrogens is 272 g/mol. The van der Waals surface area contributed by atoms with Crippen LogP contribution in [0.3, 0.4) is 0 Å². The number of amides is 1. The fourth-order valence-corrected chi connectivity index (χ4v) is 2.33. The van der Waals surface area contributed by atoms with Gasteiger partial charge in [0, 0.05) is 17.5 Å². The minimum absolute atomic E-state index is 0. The lowest BCUT2D eigenvalue weighted by atomic mass is 9.89. The highest BCUT2D eigenvalue weighted by Crippen LogP contribution is 2.22. The maximum absolute atomic E-state index is 11.8. The van der Waals surface area contributed by atoms with E-state index in [9.17, 15) is 4.79 Å². The first-order valence-electron chi connectivity index (χ1n) is 7.35. The van der Waals surface area contributed by atoms with Gasteiger partial charge in [-0.15, -0.1) is 0 Å². The van der Waals surface area contributed by atoms with Crippen molar-refractivity contribution >= 4 is 5.91 Å². The average molecular weight is 305 g/mol. The maximum atomic E-state index is 11.8. The third kappa shape index (κ3) is 7.30. The van der Waals surface area contributed by atoms with Crippen LogP contribution in [0, 0.1) is 0 Å². The highest BCUT2D eigenvalue weighted by atomic mass is 35.5. The maximum Gasteiger partial charge on any atom is 0.246 e. The zero-order chi connectivity index (χ0) is 15.3. The molecule has 0 spiro atoms. The van der Waals surface area contributed by atoms with Crippen LogP contribution in [0.15, 0.2) is 12.2 Å². The van der Waals surface area contributed by atoms with E-state index in [1.807, 2.05) is 0 Å². The standard InChI is InChI=1S/C16H32N2O.ClH/c1-9-14(18(6,7)8)11-12-16(5,10-2)17-15(19)13(3)4;/h14H,3,9-12H2,1-2,4-8H3;1H. The summed E-state index contributed by atoms with van der Waals surface area (Å²) in [7, 11) is 6.72. The lowest BCUT2D eigenvalue weighted by Gasteiger charge is -2.37. The summed E-state index contributed by atoms with van der Waals surface area (Å²) in [5.74, 6) is -0.0253. The van der Waals surface area contributed by atoms with Crippen LogP contribution < -0.4 is 17.7 Å². The third-order valence-electron chi connectivity index (χ3n) is 4.18. The van der Waals surface area contributed by atoms with Gasteiger partial charge in [-0.2, -0.15) is 0 Å². The van der Waals surface area contributed by atoms with Crippen molar-refractivity contribution in [2.24, 2.45) is 0 Å².